The van der Waals surface area contributed by atoms with Crippen molar-refractivity contribution >= 4 is 68.7 Å². The van der Waals surface area contributed by atoms with Crippen LogP contribution in [-0.2, 0) is 4.79 Å². The summed E-state index contributed by atoms with van der Waals surface area (Å²) in [7, 11) is 0. The van der Waals surface area contributed by atoms with Crippen LogP contribution in [0.2, 0.25) is 10.0 Å². The number of nitrogens with one attached hydrogen (secondary N) is 2. The Morgan fingerprint density at radius 1 is 1.15 bits per heavy atom. The van der Waals surface area contributed by atoms with E-state index in [-0.39, 0.29) is 11.7 Å². The van der Waals surface area contributed by atoms with Crippen LogP contribution in [0.5, 0.6) is 0 Å². The number of carbonyl (C=O) groups excluding carboxylic acids is 1. The second-order valence-electron chi connectivity index (χ2n) is 5.28. The highest BCUT2D eigenvalue weighted by Crippen LogP contribution is 2.29. The van der Waals surface area contributed by atoms with Gasteiger partial charge in [-0.05, 0) is 36.8 Å². The van der Waals surface area contributed by atoms with E-state index < -0.39 is 0 Å². The van der Waals surface area contributed by atoms with Crippen LogP contribution >= 0.6 is 46.3 Å². The topological polar surface area (TPSA) is 66.9 Å². The third-order valence-electron chi connectivity index (χ3n) is 3.32. The largest absolute Gasteiger partial charge is 0.330 e. The molecule has 26 heavy (non-hydrogen) atoms. The summed E-state index contributed by atoms with van der Waals surface area (Å²) >= 11 is 14.5. The van der Waals surface area contributed by atoms with Crippen LogP contribution in [-0.4, -0.2) is 21.9 Å². The standard InChI is InChI=1S/C17H14Cl2N4OS2/c1-10-4-2-3-5-14(10)21-16-22-23-17(26-16)25-9-15(24)20-11-6-7-12(18)13(19)8-11/h2-8H,9H2,1H3,(H,20,24)(H,21,22). The van der Waals surface area contributed by atoms with Crippen LogP contribution in [0.3, 0.4) is 0 Å². The van der Waals surface area contributed by atoms with Gasteiger partial charge in [0.05, 0.1) is 15.8 Å². The highest BCUT2D eigenvalue weighted by Gasteiger charge is 2.10. The number of carbonyl (C=O) groups is 1. The number of para-hydroxylation sites is 1. The predicted octanol–water partition coefficient (Wildman–Crippen LogP) is 5.63. The molecule has 0 atom stereocenters. The van der Waals surface area contributed by atoms with Gasteiger partial charge in [-0.15, -0.1) is 10.2 Å². The SMILES string of the molecule is Cc1ccccc1Nc1nnc(SCC(=O)Nc2ccc(Cl)c(Cl)c2)s1. The Kier molecular flexibility index (Phi) is 6.37. The molecule has 2 aromatic carbocycles. The highest BCUT2D eigenvalue weighted by atomic mass is 35.5. The van der Waals surface area contributed by atoms with E-state index >= 15 is 0 Å². The van der Waals surface area contributed by atoms with Crippen LogP contribution in [0.25, 0.3) is 0 Å². The van der Waals surface area contributed by atoms with E-state index in [9.17, 15) is 4.79 Å². The van der Waals surface area contributed by atoms with Gasteiger partial charge in [-0.3, -0.25) is 4.79 Å². The molecule has 5 nitrogen and oxygen atoms in total. The van der Waals surface area contributed by atoms with Crippen molar-refractivity contribution in [1.82, 2.24) is 10.2 Å². The first-order valence-corrected chi connectivity index (χ1v) is 10.1. The maximum Gasteiger partial charge on any atom is 0.234 e. The fourth-order valence-electron chi connectivity index (χ4n) is 2.05. The van der Waals surface area contributed by atoms with Gasteiger partial charge in [0, 0.05) is 11.4 Å². The molecule has 0 radical (unpaired) electrons. The van der Waals surface area contributed by atoms with E-state index in [1.54, 1.807) is 18.2 Å². The number of anilines is 3. The van der Waals surface area contributed by atoms with Crippen molar-refractivity contribution in [2.75, 3.05) is 16.4 Å². The zero-order valence-electron chi connectivity index (χ0n) is 13.6. The van der Waals surface area contributed by atoms with Gasteiger partial charge in [0.25, 0.3) is 0 Å². The fourth-order valence-corrected chi connectivity index (χ4v) is 3.91. The van der Waals surface area contributed by atoms with Gasteiger partial charge in [0.15, 0.2) is 4.34 Å². The van der Waals surface area contributed by atoms with E-state index in [1.807, 2.05) is 31.2 Å². The van der Waals surface area contributed by atoms with Gasteiger partial charge in [-0.2, -0.15) is 0 Å². The summed E-state index contributed by atoms with van der Waals surface area (Å²) in [4.78, 5) is 12.1. The van der Waals surface area contributed by atoms with Gasteiger partial charge >= 0.3 is 0 Å². The molecule has 0 saturated carbocycles. The Hall–Kier alpha value is -1.80. The minimum atomic E-state index is -0.156. The third kappa shape index (κ3) is 5.11. The molecule has 3 aromatic rings. The van der Waals surface area contributed by atoms with E-state index in [4.69, 9.17) is 23.2 Å². The number of halogens is 2. The van der Waals surface area contributed by atoms with Gasteiger partial charge < -0.3 is 10.6 Å². The molecule has 0 aliphatic heterocycles. The normalized spacial score (nSPS) is 10.6. The van der Waals surface area contributed by atoms with Crippen molar-refractivity contribution in [3.63, 3.8) is 0 Å². The Morgan fingerprint density at radius 2 is 1.96 bits per heavy atom. The second kappa shape index (κ2) is 8.73. The van der Waals surface area contributed by atoms with Gasteiger partial charge in [-0.1, -0.05) is 64.5 Å². The summed E-state index contributed by atoms with van der Waals surface area (Å²) in [5, 5.41) is 15.7. The number of nitrogens with zero attached hydrogens (tertiary/aromatic N) is 2. The predicted molar refractivity (Wildman–Crippen MR) is 110 cm³/mol. The summed E-state index contributed by atoms with van der Waals surface area (Å²) in [6, 6.07) is 12.9. The van der Waals surface area contributed by atoms with Gasteiger partial charge in [0.1, 0.15) is 0 Å². The molecule has 0 aliphatic rings. The number of hydrogen-bond acceptors (Lipinski definition) is 6. The van der Waals surface area contributed by atoms with Gasteiger partial charge in [-0.25, -0.2) is 0 Å². The first-order valence-electron chi connectivity index (χ1n) is 7.55. The maximum atomic E-state index is 12.1. The molecule has 1 amide bonds. The van der Waals surface area contributed by atoms with Crippen LogP contribution in [0, 0.1) is 6.92 Å². The lowest BCUT2D eigenvalue weighted by Gasteiger charge is -2.05. The summed E-state index contributed by atoms with van der Waals surface area (Å²) in [5.41, 5.74) is 2.71. The van der Waals surface area contributed by atoms with Crippen molar-refractivity contribution in [1.29, 1.82) is 0 Å². The van der Waals surface area contributed by atoms with Crippen molar-refractivity contribution in [3.8, 4) is 0 Å². The zero-order valence-corrected chi connectivity index (χ0v) is 16.8. The Labute approximate surface area is 169 Å². The first-order chi connectivity index (χ1) is 12.5. The van der Waals surface area contributed by atoms with Crippen molar-refractivity contribution in [2.45, 2.75) is 11.3 Å². The lowest BCUT2D eigenvalue weighted by atomic mass is 10.2. The number of rotatable bonds is 6. The smallest absolute Gasteiger partial charge is 0.234 e. The molecule has 0 fully saturated rings. The first kappa shape index (κ1) is 19.0. The van der Waals surface area contributed by atoms with E-state index in [1.165, 1.54) is 23.1 Å². The highest BCUT2D eigenvalue weighted by molar-refractivity contribution is 8.01. The summed E-state index contributed by atoms with van der Waals surface area (Å²) in [6.45, 7) is 2.02. The van der Waals surface area contributed by atoms with Crippen LogP contribution in [0.1, 0.15) is 5.56 Å². The monoisotopic (exact) mass is 424 g/mol. The molecule has 9 heteroatoms. The van der Waals surface area contributed by atoms with E-state index in [2.05, 4.69) is 20.8 Å². The number of benzene rings is 2. The summed E-state index contributed by atoms with van der Waals surface area (Å²) in [6.07, 6.45) is 0. The van der Waals surface area contributed by atoms with E-state index in [0.717, 1.165) is 11.3 Å². The van der Waals surface area contributed by atoms with Crippen molar-refractivity contribution < 1.29 is 4.79 Å². The average molecular weight is 425 g/mol. The Bertz CT molecular complexity index is 933. The van der Waals surface area contributed by atoms with Crippen LogP contribution in [0.15, 0.2) is 46.8 Å². The number of aromatic nitrogens is 2. The molecular weight excluding hydrogens is 411 g/mol. The molecule has 3 rings (SSSR count). The average Bonchev–Trinajstić information content (AvgIpc) is 3.06. The molecule has 0 bridgehead atoms. The molecule has 2 N–H and O–H groups in total. The molecule has 0 spiro atoms. The van der Waals surface area contributed by atoms with Gasteiger partial charge in [0.2, 0.25) is 11.0 Å². The van der Waals surface area contributed by atoms with Crippen LogP contribution in [0.4, 0.5) is 16.5 Å². The number of hydrogen-bond donors (Lipinski definition) is 2. The molecule has 0 saturated heterocycles. The number of thioether (sulfide) groups is 1. The molecular formula is C17H14Cl2N4OS2. The molecule has 1 heterocycles. The fraction of sp³-hybridized carbons (Fsp3) is 0.118. The minimum absolute atomic E-state index is 0.156. The quantitative estimate of drug-likeness (QED) is 0.501. The summed E-state index contributed by atoms with van der Waals surface area (Å²) in [5.74, 6) is 0.0659. The Balaban J connectivity index is 1.53. The van der Waals surface area contributed by atoms with E-state index in [0.29, 0.717) is 25.2 Å². The maximum absolute atomic E-state index is 12.1. The third-order valence-corrected chi connectivity index (χ3v) is 6.03. The minimum Gasteiger partial charge on any atom is -0.330 e. The number of aryl methyl sites for hydroxylation is 1. The molecule has 0 aliphatic carbocycles. The van der Waals surface area contributed by atoms with Crippen molar-refractivity contribution in [2.24, 2.45) is 0 Å². The molecule has 0 unspecified atom stereocenters. The van der Waals surface area contributed by atoms with Crippen LogP contribution < -0.4 is 10.6 Å². The second-order valence-corrected chi connectivity index (χ2v) is 8.29. The lowest BCUT2D eigenvalue weighted by Crippen LogP contribution is -2.13. The zero-order chi connectivity index (χ0) is 18.5. The number of amides is 1. The Morgan fingerprint density at radius 3 is 2.73 bits per heavy atom. The summed E-state index contributed by atoms with van der Waals surface area (Å²) < 4.78 is 0.713. The van der Waals surface area contributed by atoms with Crippen molar-refractivity contribution in [3.05, 3.63) is 58.1 Å². The lowest BCUT2D eigenvalue weighted by molar-refractivity contribution is -0.113. The molecule has 134 valence electrons. The molecule has 1 aromatic heterocycles.